The van der Waals surface area contributed by atoms with E-state index in [1.54, 1.807) is 0 Å². The molecule has 1 N–H and O–H groups in total. The summed E-state index contributed by atoms with van der Waals surface area (Å²) in [6, 6.07) is 12.5. The van der Waals surface area contributed by atoms with Crippen LogP contribution in [0.1, 0.15) is 76.7 Å². The van der Waals surface area contributed by atoms with Crippen LogP contribution in [-0.2, 0) is 13.0 Å². The Morgan fingerprint density at radius 1 is 1.00 bits per heavy atom. The zero-order valence-corrected chi connectivity index (χ0v) is 22.1. The maximum Gasteiger partial charge on any atom is 0.328 e. The standard InChI is InChI=1S/C29H37N7O/c1-4-7-11-26-19-36(27-20(5-2)12-13-21(27)6-3)29(37)35(26)18-25-17-23(14-15-30-25)22-9-8-10-24(16-22)28-31-33-34-32-28/h8-10,14-17,19-21,27H,4-7,11-13,18H2,1-3H3,(H,31,32,33,34). The highest BCUT2D eigenvalue weighted by Crippen LogP contribution is 2.43. The SMILES string of the molecule is CCCCc1cn(C2C(CC)CCC2CC)c(=O)n1Cc1cc(-c2cccc(-c3nn[nH]n3)c2)ccn1. The van der Waals surface area contributed by atoms with Crippen molar-refractivity contribution in [2.45, 2.75) is 78.3 Å². The molecule has 0 radical (unpaired) electrons. The molecular weight excluding hydrogens is 462 g/mol. The highest BCUT2D eigenvalue weighted by atomic mass is 16.1. The van der Waals surface area contributed by atoms with Crippen molar-refractivity contribution in [2.75, 3.05) is 0 Å². The van der Waals surface area contributed by atoms with E-state index in [1.165, 1.54) is 12.8 Å². The molecule has 0 saturated heterocycles. The summed E-state index contributed by atoms with van der Waals surface area (Å²) in [4.78, 5) is 18.5. The lowest BCUT2D eigenvalue weighted by Gasteiger charge is -2.24. The van der Waals surface area contributed by atoms with Crippen LogP contribution in [-0.4, -0.2) is 34.7 Å². The maximum absolute atomic E-state index is 13.9. The van der Waals surface area contributed by atoms with Crippen molar-refractivity contribution in [2.24, 2.45) is 11.8 Å². The second kappa shape index (κ2) is 11.2. The number of H-pyrrole nitrogens is 1. The van der Waals surface area contributed by atoms with Crippen LogP contribution in [0.25, 0.3) is 22.5 Å². The van der Waals surface area contributed by atoms with Gasteiger partial charge in [-0.1, -0.05) is 58.2 Å². The summed E-state index contributed by atoms with van der Waals surface area (Å²) in [5.74, 6) is 1.71. The van der Waals surface area contributed by atoms with Crippen LogP contribution in [0.2, 0.25) is 0 Å². The summed E-state index contributed by atoms with van der Waals surface area (Å²) in [6.07, 6.45) is 11.7. The Kier molecular flexibility index (Phi) is 7.63. The third-order valence-electron chi connectivity index (χ3n) is 8.05. The quantitative estimate of drug-likeness (QED) is 0.303. The van der Waals surface area contributed by atoms with E-state index in [2.05, 4.69) is 75.3 Å². The van der Waals surface area contributed by atoms with Gasteiger partial charge in [-0.25, -0.2) is 4.79 Å². The molecule has 1 aromatic carbocycles. The van der Waals surface area contributed by atoms with Crippen molar-refractivity contribution in [1.82, 2.24) is 34.7 Å². The number of aromatic amines is 1. The van der Waals surface area contributed by atoms with Crippen LogP contribution < -0.4 is 5.69 Å². The summed E-state index contributed by atoms with van der Waals surface area (Å²) < 4.78 is 4.05. The third kappa shape index (κ3) is 5.15. The number of unbranched alkanes of at least 4 members (excludes halogenated alkanes) is 1. The fraction of sp³-hybridized carbons (Fsp3) is 0.483. The average Bonchev–Trinajstić information content (AvgIpc) is 3.68. The lowest BCUT2D eigenvalue weighted by atomic mass is 9.93. The molecule has 2 unspecified atom stereocenters. The maximum atomic E-state index is 13.9. The van der Waals surface area contributed by atoms with Crippen molar-refractivity contribution in [3.63, 3.8) is 0 Å². The first-order chi connectivity index (χ1) is 18.1. The second-order valence-electron chi connectivity index (χ2n) is 10.3. The lowest BCUT2D eigenvalue weighted by molar-refractivity contribution is 0.288. The van der Waals surface area contributed by atoms with Crippen molar-refractivity contribution >= 4 is 0 Å². The molecule has 3 aromatic heterocycles. The fourth-order valence-electron chi connectivity index (χ4n) is 6.02. The zero-order chi connectivity index (χ0) is 25.8. The molecule has 4 aromatic rings. The molecule has 1 fully saturated rings. The van der Waals surface area contributed by atoms with Crippen LogP contribution in [0.5, 0.6) is 0 Å². The normalized spacial score (nSPS) is 19.5. The van der Waals surface area contributed by atoms with E-state index in [9.17, 15) is 4.79 Å². The number of imidazole rings is 1. The molecule has 0 amide bonds. The van der Waals surface area contributed by atoms with E-state index < -0.39 is 0 Å². The number of rotatable bonds is 10. The van der Waals surface area contributed by atoms with Gasteiger partial charge >= 0.3 is 5.69 Å². The van der Waals surface area contributed by atoms with Gasteiger partial charge < -0.3 is 0 Å². The Hall–Kier alpha value is -3.55. The Labute approximate surface area is 218 Å². The monoisotopic (exact) mass is 499 g/mol. The van der Waals surface area contributed by atoms with Gasteiger partial charge in [0.2, 0.25) is 5.82 Å². The molecule has 0 bridgehead atoms. The molecule has 194 valence electrons. The number of nitrogens with zero attached hydrogens (tertiary/aromatic N) is 6. The predicted molar refractivity (Wildman–Crippen MR) is 145 cm³/mol. The molecule has 8 heteroatoms. The van der Waals surface area contributed by atoms with Crippen LogP contribution in [0.15, 0.2) is 53.6 Å². The van der Waals surface area contributed by atoms with Crippen molar-refractivity contribution in [3.8, 4) is 22.5 Å². The Morgan fingerprint density at radius 2 is 1.76 bits per heavy atom. The van der Waals surface area contributed by atoms with Gasteiger partial charge in [-0.2, -0.15) is 5.21 Å². The van der Waals surface area contributed by atoms with Gasteiger partial charge in [0.15, 0.2) is 0 Å². The molecule has 0 spiro atoms. The Bertz CT molecular complexity index is 1360. The first-order valence-electron chi connectivity index (χ1n) is 13.7. The highest BCUT2D eigenvalue weighted by molar-refractivity contribution is 5.70. The van der Waals surface area contributed by atoms with E-state index in [0.717, 1.165) is 60.2 Å². The minimum Gasteiger partial charge on any atom is -0.295 e. The molecule has 2 atom stereocenters. The van der Waals surface area contributed by atoms with Crippen molar-refractivity contribution < 1.29 is 0 Å². The Morgan fingerprint density at radius 3 is 2.46 bits per heavy atom. The number of tetrazole rings is 1. The number of hydrogen-bond acceptors (Lipinski definition) is 5. The third-order valence-corrected chi connectivity index (χ3v) is 8.05. The van der Waals surface area contributed by atoms with E-state index in [0.29, 0.717) is 30.2 Å². The molecule has 5 rings (SSSR count). The van der Waals surface area contributed by atoms with Gasteiger partial charge in [0.05, 0.1) is 12.2 Å². The lowest BCUT2D eigenvalue weighted by Crippen LogP contribution is -2.32. The number of benzene rings is 1. The van der Waals surface area contributed by atoms with E-state index >= 15 is 0 Å². The number of hydrogen-bond donors (Lipinski definition) is 1. The first kappa shape index (κ1) is 25.1. The van der Waals surface area contributed by atoms with Gasteiger partial charge in [0, 0.05) is 29.7 Å². The summed E-state index contributed by atoms with van der Waals surface area (Å²) in [5.41, 5.74) is 5.10. The second-order valence-corrected chi connectivity index (χ2v) is 10.3. The van der Waals surface area contributed by atoms with Crippen LogP contribution >= 0.6 is 0 Å². The number of aryl methyl sites for hydroxylation is 1. The van der Waals surface area contributed by atoms with Crippen molar-refractivity contribution in [3.05, 3.63) is 70.7 Å². The van der Waals surface area contributed by atoms with E-state index in [1.807, 2.05) is 29.0 Å². The number of nitrogens with one attached hydrogen (secondary N) is 1. The summed E-state index contributed by atoms with van der Waals surface area (Å²) >= 11 is 0. The van der Waals surface area contributed by atoms with E-state index in [-0.39, 0.29) is 5.69 Å². The molecular formula is C29H37N7O. The molecule has 1 aliphatic carbocycles. The zero-order valence-electron chi connectivity index (χ0n) is 22.1. The van der Waals surface area contributed by atoms with Gasteiger partial charge in [-0.05, 0) is 72.1 Å². The van der Waals surface area contributed by atoms with Crippen LogP contribution in [0, 0.1) is 11.8 Å². The van der Waals surface area contributed by atoms with E-state index in [4.69, 9.17) is 0 Å². The predicted octanol–water partition coefficient (Wildman–Crippen LogP) is 5.67. The smallest absolute Gasteiger partial charge is 0.295 e. The largest absolute Gasteiger partial charge is 0.328 e. The summed E-state index contributed by atoms with van der Waals surface area (Å²) in [7, 11) is 0. The van der Waals surface area contributed by atoms with Gasteiger partial charge in [-0.15, -0.1) is 10.2 Å². The Balaban J connectivity index is 1.48. The highest BCUT2D eigenvalue weighted by Gasteiger charge is 2.36. The minimum absolute atomic E-state index is 0.112. The van der Waals surface area contributed by atoms with Gasteiger partial charge in [0.1, 0.15) is 0 Å². The van der Waals surface area contributed by atoms with Crippen molar-refractivity contribution in [1.29, 1.82) is 0 Å². The summed E-state index contributed by atoms with van der Waals surface area (Å²) in [5, 5.41) is 14.4. The van der Waals surface area contributed by atoms with Crippen LogP contribution in [0.3, 0.4) is 0 Å². The summed E-state index contributed by atoms with van der Waals surface area (Å²) in [6.45, 7) is 7.20. The first-order valence-corrected chi connectivity index (χ1v) is 13.7. The minimum atomic E-state index is 0.112. The number of aromatic nitrogens is 7. The number of pyridine rings is 1. The molecule has 1 aliphatic rings. The van der Waals surface area contributed by atoms with Crippen LogP contribution in [0.4, 0.5) is 0 Å². The van der Waals surface area contributed by atoms with Gasteiger partial charge in [-0.3, -0.25) is 14.1 Å². The molecule has 8 nitrogen and oxygen atoms in total. The molecule has 1 saturated carbocycles. The molecule has 37 heavy (non-hydrogen) atoms. The average molecular weight is 500 g/mol. The molecule has 3 heterocycles. The fourth-order valence-corrected chi connectivity index (χ4v) is 6.02. The van der Waals surface area contributed by atoms with Gasteiger partial charge in [0.25, 0.3) is 0 Å². The molecule has 0 aliphatic heterocycles. The topological polar surface area (TPSA) is 94.3 Å².